The van der Waals surface area contributed by atoms with Crippen LogP contribution in [0, 0.1) is 11.8 Å². The van der Waals surface area contributed by atoms with Crippen LogP contribution in [0.4, 0.5) is 5.69 Å². The summed E-state index contributed by atoms with van der Waals surface area (Å²) in [5, 5.41) is 6.24. The van der Waals surface area contributed by atoms with Gasteiger partial charge in [-0.05, 0) is 49.3 Å². The number of benzene rings is 1. The van der Waals surface area contributed by atoms with E-state index in [-0.39, 0.29) is 5.91 Å². The van der Waals surface area contributed by atoms with Crippen molar-refractivity contribution in [2.45, 2.75) is 39.2 Å². The average molecular weight is 260 g/mol. The fourth-order valence-electron chi connectivity index (χ4n) is 3.20. The van der Waals surface area contributed by atoms with Crippen molar-refractivity contribution in [3.8, 4) is 0 Å². The summed E-state index contributed by atoms with van der Waals surface area (Å²) in [6, 6.07) is 8.27. The molecule has 0 spiro atoms. The van der Waals surface area contributed by atoms with Crippen molar-refractivity contribution in [3.05, 3.63) is 29.8 Å². The zero-order valence-corrected chi connectivity index (χ0v) is 12.1. The van der Waals surface area contributed by atoms with Gasteiger partial charge in [0.2, 0.25) is 0 Å². The second-order valence-corrected chi connectivity index (χ2v) is 5.92. The number of amides is 1. The van der Waals surface area contributed by atoms with Gasteiger partial charge in [-0.3, -0.25) is 4.79 Å². The van der Waals surface area contributed by atoms with Crippen LogP contribution in [0.15, 0.2) is 24.3 Å². The van der Waals surface area contributed by atoms with Crippen molar-refractivity contribution in [2.24, 2.45) is 11.8 Å². The van der Waals surface area contributed by atoms with E-state index in [1.165, 1.54) is 19.3 Å². The van der Waals surface area contributed by atoms with E-state index in [0.29, 0.717) is 11.6 Å². The van der Waals surface area contributed by atoms with Crippen LogP contribution < -0.4 is 10.6 Å². The van der Waals surface area contributed by atoms with Crippen LogP contribution >= 0.6 is 0 Å². The Bertz CT molecular complexity index is 434. The van der Waals surface area contributed by atoms with Crippen molar-refractivity contribution in [3.63, 3.8) is 0 Å². The van der Waals surface area contributed by atoms with Crippen molar-refractivity contribution in [1.82, 2.24) is 5.32 Å². The van der Waals surface area contributed by atoms with Crippen molar-refractivity contribution >= 4 is 11.6 Å². The highest BCUT2D eigenvalue weighted by Crippen LogP contribution is 2.30. The largest absolute Gasteiger partial charge is 0.382 e. The first-order valence-corrected chi connectivity index (χ1v) is 7.17. The van der Waals surface area contributed by atoms with E-state index in [0.717, 1.165) is 17.5 Å². The van der Waals surface area contributed by atoms with Crippen LogP contribution in [-0.2, 0) is 0 Å². The van der Waals surface area contributed by atoms with Crippen LogP contribution in [0.3, 0.4) is 0 Å². The van der Waals surface area contributed by atoms with Gasteiger partial charge in [-0.1, -0.05) is 19.9 Å². The van der Waals surface area contributed by atoms with E-state index < -0.39 is 0 Å². The molecular weight excluding hydrogens is 236 g/mol. The van der Waals surface area contributed by atoms with Gasteiger partial charge in [0.25, 0.3) is 5.91 Å². The standard InChI is InChI=1S/C16H24N2O/c1-11-7-12(2)9-15(8-11)18-14-6-4-5-13(10-14)16(19)17-3/h4-6,10-12,15,18H,7-9H2,1-3H3,(H,17,19). The normalized spacial score (nSPS) is 26.8. The maximum atomic E-state index is 11.6. The number of hydrogen-bond acceptors (Lipinski definition) is 2. The third-order valence-electron chi connectivity index (χ3n) is 3.90. The molecule has 19 heavy (non-hydrogen) atoms. The van der Waals surface area contributed by atoms with Crippen LogP contribution in [0.1, 0.15) is 43.5 Å². The SMILES string of the molecule is CNC(=O)c1cccc(NC2CC(C)CC(C)C2)c1. The first kappa shape index (κ1) is 13.9. The molecule has 2 rings (SSSR count). The average Bonchev–Trinajstić information content (AvgIpc) is 2.37. The molecule has 3 nitrogen and oxygen atoms in total. The number of carbonyl (C=O) groups excluding carboxylic acids is 1. The molecule has 0 radical (unpaired) electrons. The topological polar surface area (TPSA) is 41.1 Å². The fourth-order valence-corrected chi connectivity index (χ4v) is 3.20. The molecule has 0 aliphatic heterocycles. The van der Waals surface area contributed by atoms with Crippen molar-refractivity contribution < 1.29 is 4.79 Å². The lowest BCUT2D eigenvalue weighted by molar-refractivity contribution is 0.0963. The Morgan fingerprint density at radius 1 is 1.16 bits per heavy atom. The molecule has 1 aromatic carbocycles. The number of hydrogen-bond donors (Lipinski definition) is 2. The molecule has 0 bridgehead atoms. The predicted octanol–water partition coefficient (Wildman–Crippen LogP) is 3.28. The highest BCUT2D eigenvalue weighted by atomic mass is 16.1. The monoisotopic (exact) mass is 260 g/mol. The number of rotatable bonds is 3. The van der Waals surface area contributed by atoms with Gasteiger partial charge in [0.15, 0.2) is 0 Å². The summed E-state index contributed by atoms with van der Waals surface area (Å²) in [5.41, 5.74) is 1.76. The van der Waals surface area contributed by atoms with Gasteiger partial charge in [-0.15, -0.1) is 0 Å². The Labute approximate surface area is 115 Å². The van der Waals surface area contributed by atoms with Gasteiger partial charge in [0.1, 0.15) is 0 Å². The van der Waals surface area contributed by atoms with E-state index in [2.05, 4.69) is 24.5 Å². The quantitative estimate of drug-likeness (QED) is 0.875. The minimum atomic E-state index is -0.0333. The summed E-state index contributed by atoms with van der Waals surface area (Å²) in [6.45, 7) is 4.65. The predicted molar refractivity (Wildman–Crippen MR) is 79.4 cm³/mol. The molecule has 0 heterocycles. The molecule has 2 unspecified atom stereocenters. The van der Waals surface area contributed by atoms with Crippen LogP contribution in [0.5, 0.6) is 0 Å². The maximum absolute atomic E-state index is 11.6. The lowest BCUT2D eigenvalue weighted by Gasteiger charge is -2.32. The first-order valence-electron chi connectivity index (χ1n) is 7.17. The van der Waals surface area contributed by atoms with Crippen LogP contribution in [-0.4, -0.2) is 19.0 Å². The number of anilines is 1. The molecule has 1 aliphatic rings. The van der Waals surface area contributed by atoms with Crippen LogP contribution in [0.2, 0.25) is 0 Å². The van der Waals surface area contributed by atoms with E-state index in [1.807, 2.05) is 24.3 Å². The molecule has 2 atom stereocenters. The molecule has 3 heteroatoms. The van der Waals surface area contributed by atoms with Gasteiger partial charge in [0, 0.05) is 24.3 Å². The molecule has 1 amide bonds. The molecule has 1 saturated carbocycles. The lowest BCUT2D eigenvalue weighted by Crippen LogP contribution is -2.30. The zero-order chi connectivity index (χ0) is 13.8. The van der Waals surface area contributed by atoms with Gasteiger partial charge in [-0.2, -0.15) is 0 Å². The molecule has 1 aromatic rings. The number of nitrogens with one attached hydrogen (secondary N) is 2. The smallest absolute Gasteiger partial charge is 0.251 e. The van der Waals surface area contributed by atoms with Gasteiger partial charge < -0.3 is 10.6 Å². The highest BCUT2D eigenvalue weighted by molar-refractivity contribution is 5.94. The second-order valence-electron chi connectivity index (χ2n) is 5.92. The Balaban J connectivity index is 2.04. The Hall–Kier alpha value is -1.51. The molecular formula is C16H24N2O. The molecule has 0 aromatic heterocycles. The summed E-state index contributed by atoms with van der Waals surface area (Å²) < 4.78 is 0. The summed E-state index contributed by atoms with van der Waals surface area (Å²) >= 11 is 0. The molecule has 1 aliphatic carbocycles. The summed E-state index contributed by atoms with van der Waals surface area (Å²) in [6.07, 6.45) is 3.76. The summed E-state index contributed by atoms with van der Waals surface area (Å²) in [4.78, 5) is 11.6. The highest BCUT2D eigenvalue weighted by Gasteiger charge is 2.23. The second kappa shape index (κ2) is 6.09. The number of carbonyl (C=O) groups is 1. The van der Waals surface area contributed by atoms with E-state index >= 15 is 0 Å². The third-order valence-corrected chi connectivity index (χ3v) is 3.90. The van der Waals surface area contributed by atoms with E-state index in [9.17, 15) is 4.79 Å². The maximum Gasteiger partial charge on any atom is 0.251 e. The van der Waals surface area contributed by atoms with Crippen LogP contribution in [0.25, 0.3) is 0 Å². The first-order chi connectivity index (χ1) is 9.08. The molecule has 104 valence electrons. The minimum Gasteiger partial charge on any atom is -0.382 e. The van der Waals surface area contributed by atoms with Gasteiger partial charge in [-0.25, -0.2) is 0 Å². The Kier molecular flexibility index (Phi) is 4.46. The zero-order valence-electron chi connectivity index (χ0n) is 12.1. The van der Waals surface area contributed by atoms with Gasteiger partial charge in [0.05, 0.1) is 0 Å². The lowest BCUT2D eigenvalue weighted by atomic mass is 9.80. The van der Waals surface area contributed by atoms with Crippen molar-refractivity contribution in [1.29, 1.82) is 0 Å². The molecule has 2 N–H and O–H groups in total. The van der Waals surface area contributed by atoms with Crippen molar-refractivity contribution in [2.75, 3.05) is 12.4 Å². The summed E-state index contributed by atoms with van der Waals surface area (Å²) in [7, 11) is 1.66. The van der Waals surface area contributed by atoms with Gasteiger partial charge >= 0.3 is 0 Å². The molecule has 0 saturated heterocycles. The molecule has 1 fully saturated rings. The minimum absolute atomic E-state index is 0.0333. The summed E-state index contributed by atoms with van der Waals surface area (Å²) in [5.74, 6) is 1.53. The fraction of sp³-hybridized carbons (Fsp3) is 0.562. The van der Waals surface area contributed by atoms with E-state index in [1.54, 1.807) is 7.05 Å². The van der Waals surface area contributed by atoms with E-state index in [4.69, 9.17) is 0 Å². The Morgan fingerprint density at radius 2 is 1.84 bits per heavy atom. The Morgan fingerprint density at radius 3 is 2.47 bits per heavy atom. The third kappa shape index (κ3) is 3.72.